The average Bonchev–Trinajstić information content (AvgIpc) is 3.01. The quantitative estimate of drug-likeness (QED) is 0.805. The van der Waals surface area contributed by atoms with Gasteiger partial charge in [-0.25, -0.2) is 0 Å². The van der Waals surface area contributed by atoms with Gasteiger partial charge in [-0.05, 0) is 92.7 Å². The molecule has 0 aromatic carbocycles. The molecule has 5 aliphatic carbocycles. The third-order valence-corrected chi connectivity index (χ3v) is 8.14. The molecule has 3 nitrogen and oxygen atoms in total. The Morgan fingerprint density at radius 3 is 2.65 bits per heavy atom. The molecule has 1 saturated heterocycles. The standard InChI is InChI=1S/C23H34N2O/c1-16-3-4-18(9-16)22-11-17-10-21(2,13-22)14-23(12-17,15-22)20(26)25-19-5-7-24-8-6-19/h3-4,9,16-17,19,24H,5-8,10-15H2,1-2H3,(H,25,26)/t16?,17?,21?,22-,23?/m0/s1. The predicted molar refractivity (Wildman–Crippen MR) is 105 cm³/mol. The lowest BCUT2D eigenvalue weighted by Gasteiger charge is -2.65. The summed E-state index contributed by atoms with van der Waals surface area (Å²) in [4.78, 5) is 13.6. The second kappa shape index (κ2) is 5.70. The first-order valence-corrected chi connectivity index (χ1v) is 10.8. The van der Waals surface area contributed by atoms with Gasteiger partial charge in [-0.3, -0.25) is 4.79 Å². The third-order valence-electron chi connectivity index (χ3n) is 8.14. The van der Waals surface area contributed by atoms with Crippen molar-refractivity contribution in [1.82, 2.24) is 10.6 Å². The summed E-state index contributed by atoms with van der Waals surface area (Å²) in [5.41, 5.74) is 2.06. The minimum Gasteiger partial charge on any atom is -0.353 e. The van der Waals surface area contributed by atoms with E-state index in [-0.39, 0.29) is 10.8 Å². The molecule has 0 aromatic heterocycles. The van der Waals surface area contributed by atoms with Crippen LogP contribution in [0.4, 0.5) is 0 Å². The molecule has 1 heterocycles. The average molecular weight is 355 g/mol. The molecule has 4 saturated carbocycles. The van der Waals surface area contributed by atoms with Crippen LogP contribution in [0.5, 0.6) is 0 Å². The van der Waals surface area contributed by atoms with Crippen molar-refractivity contribution >= 4 is 5.91 Å². The number of hydrogen-bond acceptors (Lipinski definition) is 2. The van der Waals surface area contributed by atoms with Gasteiger partial charge in [0, 0.05) is 6.04 Å². The first kappa shape index (κ1) is 17.0. The Hall–Kier alpha value is -1.09. The van der Waals surface area contributed by atoms with Gasteiger partial charge < -0.3 is 10.6 Å². The summed E-state index contributed by atoms with van der Waals surface area (Å²) in [5, 5.41) is 6.90. The maximum absolute atomic E-state index is 13.6. The van der Waals surface area contributed by atoms with Crippen molar-refractivity contribution in [3.63, 3.8) is 0 Å². The number of carbonyl (C=O) groups excluding carboxylic acids is 1. The van der Waals surface area contributed by atoms with Crippen molar-refractivity contribution in [1.29, 1.82) is 0 Å². The fourth-order valence-corrected chi connectivity index (χ4v) is 7.80. The number of hydrogen-bond donors (Lipinski definition) is 2. The van der Waals surface area contributed by atoms with Gasteiger partial charge in [-0.1, -0.05) is 32.1 Å². The van der Waals surface area contributed by atoms with Crippen LogP contribution in [-0.2, 0) is 4.79 Å². The molecule has 4 unspecified atom stereocenters. The van der Waals surface area contributed by atoms with Crippen molar-refractivity contribution < 1.29 is 4.79 Å². The van der Waals surface area contributed by atoms with Crippen LogP contribution in [0.1, 0.15) is 65.2 Å². The Labute approximate surface area is 158 Å². The van der Waals surface area contributed by atoms with Crippen LogP contribution >= 0.6 is 0 Å². The summed E-state index contributed by atoms with van der Waals surface area (Å²) >= 11 is 0. The second-order valence-electron chi connectivity index (χ2n) is 10.7. The molecule has 0 radical (unpaired) electrons. The summed E-state index contributed by atoms with van der Waals surface area (Å²) < 4.78 is 0. The maximum Gasteiger partial charge on any atom is 0.226 e. The van der Waals surface area contributed by atoms with Crippen LogP contribution in [-0.4, -0.2) is 25.0 Å². The van der Waals surface area contributed by atoms with Gasteiger partial charge in [-0.15, -0.1) is 0 Å². The lowest BCUT2D eigenvalue weighted by atomic mass is 9.38. The molecule has 0 spiro atoms. The van der Waals surface area contributed by atoms with Crippen molar-refractivity contribution in [2.24, 2.45) is 28.1 Å². The fraction of sp³-hybridized carbons (Fsp3) is 0.783. The first-order valence-electron chi connectivity index (χ1n) is 10.8. The zero-order chi connectivity index (χ0) is 18.0. The van der Waals surface area contributed by atoms with Crippen molar-refractivity contribution in [3.05, 3.63) is 23.8 Å². The van der Waals surface area contributed by atoms with E-state index >= 15 is 0 Å². The zero-order valence-electron chi connectivity index (χ0n) is 16.4. The van der Waals surface area contributed by atoms with Crippen molar-refractivity contribution in [3.8, 4) is 0 Å². The Bertz CT molecular complexity index is 676. The van der Waals surface area contributed by atoms with Gasteiger partial charge in [0.25, 0.3) is 0 Å². The molecule has 6 aliphatic rings. The molecule has 4 bridgehead atoms. The molecule has 0 aromatic rings. The number of allylic oxidation sites excluding steroid dienone is 4. The molecule has 1 aliphatic heterocycles. The lowest BCUT2D eigenvalue weighted by Crippen LogP contribution is -2.62. The van der Waals surface area contributed by atoms with Crippen molar-refractivity contribution in [2.45, 2.75) is 71.3 Å². The van der Waals surface area contributed by atoms with Crippen LogP contribution in [0.25, 0.3) is 0 Å². The summed E-state index contributed by atoms with van der Waals surface area (Å²) in [6.07, 6.45) is 16.7. The molecule has 5 fully saturated rings. The van der Waals surface area contributed by atoms with Gasteiger partial charge >= 0.3 is 0 Å². The number of nitrogens with one attached hydrogen (secondary N) is 2. The zero-order valence-corrected chi connectivity index (χ0v) is 16.4. The molecule has 26 heavy (non-hydrogen) atoms. The van der Waals surface area contributed by atoms with E-state index in [1.54, 1.807) is 5.57 Å². The Balaban J connectivity index is 1.45. The van der Waals surface area contributed by atoms with Gasteiger partial charge in [0.2, 0.25) is 5.91 Å². The highest BCUT2D eigenvalue weighted by Gasteiger charge is 2.65. The minimum absolute atomic E-state index is 0.112. The second-order valence-corrected chi connectivity index (χ2v) is 10.7. The summed E-state index contributed by atoms with van der Waals surface area (Å²) in [6.45, 7) is 6.84. The topological polar surface area (TPSA) is 41.1 Å². The van der Waals surface area contributed by atoms with Gasteiger partial charge in [0.05, 0.1) is 5.41 Å². The van der Waals surface area contributed by atoms with E-state index in [9.17, 15) is 4.79 Å². The van der Waals surface area contributed by atoms with Crippen molar-refractivity contribution in [2.75, 3.05) is 13.1 Å². The lowest BCUT2D eigenvalue weighted by molar-refractivity contribution is -0.167. The molecular weight excluding hydrogens is 320 g/mol. The van der Waals surface area contributed by atoms with Crippen LogP contribution in [0.15, 0.2) is 23.8 Å². The van der Waals surface area contributed by atoms with E-state index in [0.29, 0.717) is 23.3 Å². The van der Waals surface area contributed by atoms with Crippen LogP contribution in [0.2, 0.25) is 0 Å². The SMILES string of the molecule is CC1C=CC([C@]23CC4CC(C)(CC(C(=O)NC5CCNCC5)(C4)C2)C3)=C1. The van der Waals surface area contributed by atoms with E-state index < -0.39 is 0 Å². The smallest absolute Gasteiger partial charge is 0.226 e. The van der Waals surface area contributed by atoms with Gasteiger partial charge in [0.15, 0.2) is 0 Å². The summed E-state index contributed by atoms with van der Waals surface area (Å²) in [7, 11) is 0. The van der Waals surface area contributed by atoms with Crippen LogP contribution < -0.4 is 10.6 Å². The number of carbonyl (C=O) groups is 1. The summed E-state index contributed by atoms with van der Waals surface area (Å²) in [5.74, 6) is 1.69. The largest absolute Gasteiger partial charge is 0.353 e. The first-order chi connectivity index (χ1) is 12.4. The number of piperidine rings is 1. The van der Waals surface area contributed by atoms with Gasteiger partial charge in [-0.2, -0.15) is 0 Å². The predicted octanol–water partition coefficient (Wildman–Crippen LogP) is 3.96. The molecule has 1 amide bonds. The normalized spacial score (nSPS) is 47.2. The minimum atomic E-state index is -0.112. The van der Waals surface area contributed by atoms with Crippen LogP contribution in [0, 0.1) is 28.1 Å². The van der Waals surface area contributed by atoms with Gasteiger partial charge in [0.1, 0.15) is 0 Å². The maximum atomic E-state index is 13.6. The molecule has 142 valence electrons. The summed E-state index contributed by atoms with van der Waals surface area (Å²) in [6, 6.07) is 0.381. The Morgan fingerprint density at radius 2 is 1.96 bits per heavy atom. The Kier molecular flexibility index (Phi) is 3.74. The highest BCUT2D eigenvalue weighted by atomic mass is 16.2. The molecule has 3 heteroatoms. The van der Waals surface area contributed by atoms with E-state index in [1.165, 1.54) is 19.3 Å². The van der Waals surface area contributed by atoms with Crippen LogP contribution in [0.3, 0.4) is 0 Å². The van der Waals surface area contributed by atoms with E-state index in [2.05, 4.69) is 42.7 Å². The molecule has 5 atom stereocenters. The highest BCUT2D eigenvalue weighted by Crippen LogP contribution is 2.72. The fourth-order valence-electron chi connectivity index (χ4n) is 7.80. The van der Waals surface area contributed by atoms with E-state index in [4.69, 9.17) is 0 Å². The molecule has 6 rings (SSSR count). The molecule has 2 N–H and O–H groups in total. The number of rotatable bonds is 3. The number of amides is 1. The molecular formula is C23H34N2O. The van der Waals surface area contributed by atoms with E-state index in [1.807, 2.05) is 0 Å². The van der Waals surface area contributed by atoms with E-state index in [0.717, 1.165) is 51.1 Å². The highest BCUT2D eigenvalue weighted by molar-refractivity contribution is 5.84. The third kappa shape index (κ3) is 2.61. The monoisotopic (exact) mass is 354 g/mol. The Morgan fingerprint density at radius 1 is 1.15 bits per heavy atom.